The van der Waals surface area contributed by atoms with Crippen molar-refractivity contribution in [3.63, 3.8) is 0 Å². The lowest BCUT2D eigenvalue weighted by molar-refractivity contribution is -0.125. The molecule has 3 atom stereocenters. The van der Waals surface area contributed by atoms with Gasteiger partial charge >= 0.3 is 0 Å². The third-order valence-electron chi connectivity index (χ3n) is 5.89. The summed E-state index contributed by atoms with van der Waals surface area (Å²) in [5, 5.41) is 3.16. The molecule has 1 aliphatic carbocycles. The number of pyridine rings is 1. The van der Waals surface area contributed by atoms with Crippen LogP contribution in [0.5, 0.6) is 0 Å². The fourth-order valence-electron chi connectivity index (χ4n) is 4.49. The number of rotatable bonds is 3. The molecule has 2 aliphatic heterocycles. The predicted octanol–water partition coefficient (Wildman–Crippen LogP) is 2.09. The Hall–Kier alpha value is -2.11. The van der Waals surface area contributed by atoms with E-state index in [9.17, 15) is 9.59 Å². The number of anilines is 2. The van der Waals surface area contributed by atoms with E-state index in [2.05, 4.69) is 22.1 Å². The summed E-state index contributed by atoms with van der Waals surface area (Å²) in [6, 6.07) is 3.79. The third kappa shape index (κ3) is 2.98. The van der Waals surface area contributed by atoms with E-state index < -0.39 is 0 Å². The second-order valence-corrected chi connectivity index (χ2v) is 7.56. The Morgan fingerprint density at radius 3 is 2.96 bits per heavy atom. The summed E-state index contributed by atoms with van der Waals surface area (Å²) in [4.78, 5) is 33.8. The first-order valence-corrected chi connectivity index (χ1v) is 9.47. The number of carbonyl (C=O) groups excluding carboxylic acids is 2. The molecule has 2 amide bonds. The number of carbonyl (C=O) groups is 2. The smallest absolute Gasteiger partial charge is 0.250 e. The zero-order valence-electron chi connectivity index (χ0n) is 14.8. The van der Waals surface area contributed by atoms with Gasteiger partial charge in [-0.05, 0) is 43.7 Å². The van der Waals surface area contributed by atoms with Gasteiger partial charge in [0.1, 0.15) is 12.6 Å². The second-order valence-electron chi connectivity index (χ2n) is 7.56. The van der Waals surface area contributed by atoms with Gasteiger partial charge in [0, 0.05) is 18.8 Å². The summed E-state index contributed by atoms with van der Waals surface area (Å²) in [7, 11) is 0. The molecule has 0 radical (unpaired) electrons. The minimum absolute atomic E-state index is 0.0323. The van der Waals surface area contributed by atoms with Crippen molar-refractivity contribution in [2.45, 2.75) is 57.5 Å². The van der Waals surface area contributed by atoms with Gasteiger partial charge < -0.3 is 10.2 Å². The number of aromatic nitrogens is 1. The summed E-state index contributed by atoms with van der Waals surface area (Å²) in [6.07, 6.45) is 8.20. The second kappa shape index (κ2) is 6.65. The van der Waals surface area contributed by atoms with E-state index in [0.717, 1.165) is 43.7 Å². The van der Waals surface area contributed by atoms with Gasteiger partial charge in [0.2, 0.25) is 11.8 Å². The molecule has 1 N–H and O–H groups in total. The van der Waals surface area contributed by atoms with Crippen LogP contribution in [0.4, 0.5) is 11.5 Å². The summed E-state index contributed by atoms with van der Waals surface area (Å²) < 4.78 is 0. The molecule has 6 heteroatoms. The van der Waals surface area contributed by atoms with Crippen LogP contribution in [-0.4, -0.2) is 42.0 Å². The molecular weight excluding hydrogens is 316 g/mol. The Bertz CT molecular complexity index is 677. The molecule has 2 fully saturated rings. The molecule has 0 unspecified atom stereocenters. The first-order chi connectivity index (χ1) is 12.1. The van der Waals surface area contributed by atoms with Crippen LogP contribution in [0.2, 0.25) is 0 Å². The summed E-state index contributed by atoms with van der Waals surface area (Å²) in [5.74, 6) is 1.32. The molecule has 0 bridgehead atoms. The quantitative estimate of drug-likeness (QED) is 0.913. The fourth-order valence-corrected chi connectivity index (χ4v) is 4.49. The van der Waals surface area contributed by atoms with Crippen molar-refractivity contribution in [2.75, 3.05) is 22.9 Å². The Labute approximate surface area is 148 Å². The third-order valence-corrected chi connectivity index (χ3v) is 5.89. The maximum atomic E-state index is 12.9. The van der Waals surface area contributed by atoms with Crippen molar-refractivity contribution in [3.05, 3.63) is 18.3 Å². The first-order valence-electron chi connectivity index (χ1n) is 9.47. The molecule has 25 heavy (non-hydrogen) atoms. The molecule has 0 aromatic carbocycles. The van der Waals surface area contributed by atoms with Crippen LogP contribution >= 0.6 is 0 Å². The number of fused-ring (bicyclic) bond motifs is 3. The molecule has 3 heterocycles. The first kappa shape index (κ1) is 16.4. The van der Waals surface area contributed by atoms with Gasteiger partial charge in [-0.25, -0.2) is 4.98 Å². The predicted molar refractivity (Wildman–Crippen MR) is 96.5 cm³/mol. The summed E-state index contributed by atoms with van der Waals surface area (Å²) in [5.41, 5.74) is 0.762. The van der Waals surface area contributed by atoms with Crippen LogP contribution in [0.25, 0.3) is 0 Å². The summed E-state index contributed by atoms with van der Waals surface area (Å²) >= 11 is 0. The molecule has 1 aromatic heterocycles. The molecule has 3 aliphatic rings. The number of nitrogens with zero attached hydrogens (tertiary/aromatic N) is 3. The SMILES string of the molecule is C[C@H]1CCCC[C@H]1NC(=O)CN1C(=O)[C@H]2CCCN2c2ncccc21. The maximum absolute atomic E-state index is 12.9. The van der Waals surface area contributed by atoms with Gasteiger partial charge in [-0.15, -0.1) is 0 Å². The van der Waals surface area contributed by atoms with Gasteiger partial charge in [0.25, 0.3) is 0 Å². The van der Waals surface area contributed by atoms with Crippen LogP contribution < -0.4 is 15.1 Å². The number of nitrogens with one attached hydrogen (secondary N) is 1. The molecule has 0 spiro atoms. The van der Waals surface area contributed by atoms with Gasteiger partial charge in [-0.3, -0.25) is 14.5 Å². The van der Waals surface area contributed by atoms with Crippen LogP contribution in [-0.2, 0) is 9.59 Å². The molecule has 1 saturated carbocycles. The molecule has 1 aromatic rings. The molecular formula is C19H26N4O2. The Balaban J connectivity index is 1.52. The molecule has 4 rings (SSSR count). The highest BCUT2D eigenvalue weighted by molar-refractivity contribution is 6.08. The van der Waals surface area contributed by atoms with Crippen molar-refractivity contribution in [3.8, 4) is 0 Å². The van der Waals surface area contributed by atoms with Crippen molar-refractivity contribution >= 4 is 23.3 Å². The average molecular weight is 342 g/mol. The zero-order valence-corrected chi connectivity index (χ0v) is 14.8. The lowest BCUT2D eigenvalue weighted by Gasteiger charge is -2.38. The van der Waals surface area contributed by atoms with E-state index >= 15 is 0 Å². The average Bonchev–Trinajstić information content (AvgIpc) is 3.11. The molecule has 6 nitrogen and oxygen atoms in total. The molecule has 134 valence electrons. The standard InChI is InChI=1S/C19H26N4O2/c1-13-6-2-3-7-14(13)21-17(24)12-23-15-8-4-10-20-18(15)22-11-5-9-16(22)19(23)25/h4,8,10,13-14,16H,2-3,5-7,9,11-12H2,1H3,(H,21,24)/t13-,14+,16+/m0/s1. The lowest BCUT2D eigenvalue weighted by atomic mass is 9.86. The fraction of sp³-hybridized carbons (Fsp3) is 0.632. The zero-order chi connectivity index (χ0) is 17.4. The van der Waals surface area contributed by atoms with Crippen molar-refractivity contribution in [1.29, 1.82) is 0 Å². The summed E-state index contributed by atoms with van der Waals surface area (Å²) in [6.45, 7) is 3.15. The van der Waals surface area contributed by atoms with Crippen LogP contribution in [0.1, 0.15) is 45.4 Å². The van der Waals surface area contributed by atoms with Crippen molar-refractivity contribution in [1.82, 2.24) is 10.3 Å². The van der Waals surface area contributed by atoms with E-state index in [-0.39, 0.29) is 30.4 Å². The maximum Gasteiger partial charge on any atom is 0.250 e. The highest BCUT2D eigenvalue weighted by atomic mass is 16.2. The highest BCUT2D eigenvalue weighted by Crippen LogP contribution is 2.38. The van der Waals surface area contributed by atoms with Gasteiger partial charge in [-0.2, -0.15) is 0 Å². The number of hydrogen-bond acceptors (Lipinski definition) is 4. The monoisotopic (exact) mass is 342 g/mol. The highest BCUT2D eigenvalue weighted by Gasteiger charge is 2.42. The Morgan fingerprint density at radius 1 is 1.28 bits per heavy atom. The minimum Gasteiger partial charge on any atom is -0.352 e. The van der Waals surface area contributed by atoms with Gasteiger partial charge in [-0.1, -0.05) is 19.8 Å². The van der Waals surface area contributed by atoms with E-state index in [1.165, 1.54) is 12.8 Å². The number of amides is 2. The van der Waals surface area contributed by atoms with Crippen molar-refractivity contribution < 1.29 is 9.59 Å². The van der Waals surface area contributed by atoms with E-state index in [1.54, 1.807) is 11.1 Å². The Morgan fingerprint density at radius 2 is 2.12 bits per heavy atom. The van der Waals surface area contributed by atoms with Crippen molar-refractivity contribution in [2.24, 2.45) is 5.92 Å². The van der Waals surface area contributed by atoms with E-state index in [4.69, 9.17) is 0 Å². The Kier molecular flexibility index (Phi) is 4.36. The van der Waals surface area contributed by atoms with E-state index in [0.29, 0.717) is 5.92 Å². The van der Waals surface area contributed by atoms with Crippen LogP contribution in [0, 0.1) is 5.92 Å². The largest absolute Gasteiger partial charge is 0.352 e. The van der Waals surface area contributed by atoms with Gasteiger partial charge in [0.05, 0.1) is 5.69 Å². The number of hydrogen-bond donors (Lipinski definition) is 1. The lowest BCUT2D eigenvalue weighted by Crippen LogP contribution is -2.54. The normalized spacial score (nSPS) is 28.5. The molecule has 1 saturated heterocycles. The van der Waals surface area contributed by atoms with Crippen LogP contribution in [0.3, 0.4) is 0 Å². The van der Waals surface area contributed by atoms with E-state index in [1.807, 2.05) is 12.1 Å². The minimum atomic E-state index is -0.163. The van der Waals surface area contributed by atoms with Gasteiger partial charge in [0.15, 0.2) is 5.82 Å². The van der Waals surface area contributed by atoms with Crippen LogP contribution in [0.15, 0.2) is 18.3 Å². The topological polar surface area (TPSA) is 65.5 Å².